The maximum Gasteiger partial charge on any atom is 0.254 e. The summed E-state index contributed by atoms with van der Waals surface area (Å²) in [6.07, 6.45) is 4.40. The third-order valence-corrected chi connectivity index (χ3v) is 4.41. The molecule has 0 N–H and O–H groups in total. The SMILES string of the molecule is CCCCN(CCCC)C(=O)c1ccccc1SC(C)C. The third-order valence-electron chi connectivity index (χ3n) is 3.33. The monoisotopic (exact) mass is 307 g/mol. The molecule has 0 saturated heterocycles. The van der Waals surface area contributed by atoms with Crippen LogP contribution in [0.1, 0.15) is 63.7 Å². The Balaban J connectivity index is 2.91. The Labute approximate surface area is 134 Å². The van der Waals surface area contributed by atoms with Crippen LogP contribution in [-0.2, 0) is 0 Å². The fourth-order valence-electron chi connectivity index (χ4n) is 2.18. The molecule has 1 aromatic carbocycles. The molecule has 0 spiro atoms. The molecule has 0 heterocycles. The summed E-state index contributed by atoms with van der Waals surface area (Å²) in [5, 5.41) is 0.485. The van der Waals surface area contributed by atoms with Crippen LogP contribution >= 0.6 is 11.8 Å². The second-order valence-electron chi connectivity index (χ2n) is 5.66. The first-order chi connectivity index (χ1) is 10.1. The summed E-state index contributed by atoms with van der Waals surface area (Å²) in [5.74, 6) is 0.195. The van der Waals surface area contributed by atoms with Crippen LogP contribution in [0.15, 0.2) is 29.2 Å². The lowest BCUT2D eigenvalue weighted by Gasteiger charge is -2.24. The van der Waals surface area contributed by atoms with E-state index >= 15 is 0 Å². The van der Waals surface area contributed by atoms with Gasteiger partial charge in [-0.25, -0.2) is 0 Å². The van der Waals surface area contributed by atoms with E-state index < -0.39 is 0 Å². The van der Waals surface area contributed by atoms with E-state index in [1.54, 1.807) is 11.8 Å². The highest BCUT2D eigenvalue weighted by molar-refractivity contribution is 8.00. The highest BCUT2D eigenvalue weighted by Crippen LogP contribution is 2.27. The van der Waals surface area contributed by atoms with E-state index in [4.69, 9.17) is 0 Å². The number of benzene rings is 1. The average molecular weight is 308 g/mol. The molecule has 0 aliphatic rings. The van der Waals surface area contributed by atoms with E-state index in [-0.39, 0.29) is 5.91 Å². The summed E-state index contributed by atoms with van der Waals surface area (Å²) >= 11 is 1.77. The lowest BCUT2D eigenvalue weighted by molar-refractivity contribution is 0.0747. The fraction of sp³-hybridized carbons (Fsp3) is 0.611. The van der Waals surface area contributed by atoms with Gasteiger partial charge >= 0.3 is 0 Å². The predicted octanol–water partition coefficient (Wildman–Crippen LogP) is 5.23. The van der Waals surface area contributed by atoms with Gasteiger partial charge in [0.05, 0.1) is 5.56 Å². The molecule has 0 radical (unpaired) electrons. The van der Waals surface area contributed by atoms with Crippen LogP contribution < -0.4 is 0 Å². The van der Waals surface area contributed by atoms with Gasteiger partial charge in [0.1, 0.15) is 0 Å². The zero-order chi connectivity index (χ0) is 15.7. The van der Waals surface area contributed by atoms with Crippen LogP contribution in [0.25, 0.3) is 0 Å². The zero-order valence-corrected chi connectivity index (χ0v) is 14.7. The first-order valence-electron chi connectivity index (χ1n) is 8.15. The summed E-state index contributed by atoms with van der Waals surface area (Å²) in [4.78, 5) is 16.0. The van der Waals surface area contributed by atoms with Crippen molar-refractivity contribution in [1.29, 1.82) is 0 Å². The first-order valence-corrected chi connectivity index (χ1v) is 9.03. The number of nitrogens with zero attached hydrogens (tertiary/aromatic N) is 1. The van der Waals surface area contributed by atoms with Crippen LogP contribution in [-0.4, -0.2) is 29.1 Å². The number of hydrogen-bond acceptors (Lipinski definition) is 2. The smallest absolute Gasteiger partial charge is 0.254 e. The summed E-state index contributed by atoms with van der Waals surface area (Å²) < 4.78 is 0. The van der Waals surface area contributed by atoms with Gasteiger partial charge in [0.2, 0.25) is 0 Å². The number of unbranched alkanes of at least 4 members (excludes halogenated alkanes) is 2. The van der Waals surface area contributed by atoms with E-state index in [1.165, 1.54) is 0 Å². The second kappa shape index (κ2) is 9.88. The topological polar surface area (TPSA) is 20.3 Å². The summed E-state index contributed by atoms with van der Waals surface area (Å²) in [7, 11) is 0. The minimum absolute atomic E-state index is 0.195. The molecule has 3 heteroatoms. The van der Waals surface area contributed by atoms with Gasteiger partial charge in [-0.15, -0.1) is 11.8 Å². The van der Waals surface area contributed by atoms with Gasteiger partial charge in [0.15, 0.2) is 0 Å². The van der Waals surface area contributed by atoms with E-state index in [1.807, 2.05) is 23.1 Å². The van der Waals surface area contributed by atoms with Crippen molar-refractivity contribution in [3.8, 4) is 0 Å². The number of rotatable bonds is 9. The number of thioether (sulfide) groups is 1. The molecule has 0 unspecified atom stereocenters. The molecule has 0 aliphatic carbocycles. The van der Waals surface area contributed by atoms with Crippen molar-refractivity contribution in [2.75, 3.05) is 13.1 Å². The van der Waals surface area contributed by atoms with Crippen LogP contribution in [0.3, 0.4) is 0 Å². The van der Waals surface area contributed by atoms with Crippen molar-refractivity contribution in [2.45, 2.75) is 63.5 Å². The highest BCUT2D eigenvalue weighted by Gasteiger charge is 2.18. The highest BCUT2D eigenvalue weighted by atomic mass is 32.2. The number of carbonyl (C=O) groups is 1. The standard InChI is InChI=1S/C18H29NOS/c1-5-7-13-19(14-8-6-2)18(20)16-11-9-10-12-17(16)21-15(3)4/h9-12,15H,5-8,13-14H2,1-4H3. The normalized spacial score (nSPS) is 10.9. The molecule has 1 rings (SSSR count). The molecule has 0 aliphatic heterocycles. The van der Waals surface area contributed by atoms with Crippen LogP contribution in [0.4, 0.5) is 0 Å². The van der Waals surface area contributed by atoms with Crippen molar-refractivity contribution in [3.05, 3.63) is 29.8 Å². The molecule has 1 amide bonds. The van der Waals surface area contributed by atoms with Crippen molar-refractivity contribution < 1.29 is 4.79 Å². The Kier molecular flexibility index (Phi) is 8.51. The Hall–Kier alpha value is -0.960. The van der Waals surface area contributed by atoms with Gasteiger partial charge in [0.25, 0.3) is 5.91 Å². The van der Waals surface area contributed by atoms with Crippen LogP contribution in [0, 0.1) is 0 Å². The second-order valence-corrected chi connectivity index (χ2v) is 7.28. The molecule has 2 nitrogen and oxygen atoms in total. The van der Waals surface area contributed by atoms with Crippen molar-refractivity contribution in [1.82, 2.24) is 4.90 Å². The quantitative estimate of drug-likeness (QED) is 0.582. The van der Waals surface area contributed by atoms with Crippen molar-refractivity contribution in [2.24, 2.45) is 0 Å². The van der Waals surface area contributed by atoms with Gasteiger partial charge in [-0.3, -0.25) is 4.79 Å². The van der Waals surface area contributed by atoms with E-state index in [0.29, 0.717) is 5.25 Å². The number of hydrogen-bond donors (Lipinski definition) is 0. The fourth-order valence-corrected chi connectivity index (χ4v) is 3.13. The molecule has 0 bridgehead atoms. The van der Waals surface area contributed by atoms with Crippen LogP contribution in [0.2, 0.25) is 0 Å². The lowest BCUT2D eigenvalue weighted by atomic mass is 10.1. The Morgan fingerprint density at radius 1 is 1.10 bits per heavy atom. The molecule has 21 heavy (non-hydrogen) atoms. The third kappa shape index (κ3) is 6.13. The molecular formula is C18H29NOS. The molecular weight excluding hydrogens is 278 g/mol. The minimum atomic E-state index is 0.195. The average Bonchev–Trinajstić information content (AvgIpc) is 2.47. The largest absolute Gasteiger partial charge is 0.339 e. The maximum absolute atomic E-state index is 12.9. The number of amides is 1. The molecule has 0 atom stereocenters. The maximum atomic E-state index is 12.9. The van der Waals surface area contributed by atoms with Gasteiger partial charge < -0.3 is 4.90 Å². The molecule has 1 aromatic rings. The zero-order valence-electron chi connectivity index (χ0n) is 13.9. The first kappa shape index (κ1) is 18.1. The van der Waals surface area contributed by atoms with Crippen LogP contribution in [0.5, 0.6) is 0 Å². The summed E-state index contributed by atoms with van der Waals surface area (Å²) in [5.41, 5.74) is 0.864. The Morgan fingerprint density at radius 3 is 2.19 bits per heavy atom. The van der Waals surface area contributed by atoms with E-state index in [0.717, 1.165) is 49.2 Å². The Bertz CT molecular complexity index is 423. The van der Waals surface area contributed by atoms with Gasteiger partial charge in [0, 0.05) is 23.2 Å². The van der Waals surface area contributed by atoms with Gasteiger partial charge in [-0.1, -0.05) is 52.7 Å². The Morgan fingerprint density at radius 2 is 1.67 bits per heavy atom. The van der Waals surface area contributed by atoms with Gasteiger partial charge in [-0.2, -0.15) is 0 Å². The van der Waals surface area contributed by atoms with E-state index in [9.17, 15) is 4.79 Å². The van der Waals surface area contributed by atoms with E-state index in [2.05, 4.69) is 33.8 Å². The summed E-state index contributed by atoms with van der Waals surface area (Å²) in [6, 6.07) is 8.02. The predicted molar refractivity (Wildman–Crippen MR) is 93.2 cm³/mol. The molecule has 0 saturated carbocycles. The molecule has 0 fully saturated rings. The van der Waals surface area contributed by atoms with Crippen molar-refractivity contribution in [3.63, 3.8) is 0 Å². The lowest BCUT2D eigenvalue weighted by Crippen LogP contribution is -2.33. The minimum Gasteiger partial charge on any atom is -0.339 e. The molecule has 118 valence electrons. The van der Waals surface area contributed by atoms with Gasteiger partial charge in [-0.05, 0) is 25.0 Å². The molecule has 0 aromatic heterocycles. The summed E-state index contributed by atoms with van der Waals surface area (Å²) in [6.45, 7) is 10.4. The van der Waals surface area contributed by atoms with Crippen molar-refractivity contribution >= 4 is 17.7 Å². The number of carbonyl (C=O) groups excluding carboxylic acids is 1.